The first-order chi connectivity index (χ1) is 11.6. The van der Waals surface area contributed by atoms with E-state index in [1.165, 1.54) is 10.2 Å². The number of hydrogen-bond donors (Lipinski definition) is 0. The van der Waals surface area contributed by atoms with E-state index in [-0.39, 0.29) is 23.3 Å². The first kappa shape index (κ1) is 19.2. The second-order valence-corrected chi connectivity index (χ2v) is 8.15. The predicted molar refractivity (Wildman–Crippen MR) is 100.0 cm³/mol. The third-order valence-corrected chi connectivity index (χ3v) is 3.85. The summed E-state index contributed by atoms with van der Waals surface area (Å²) in [4.78, 5) is 17.0. The molecule has 0 bridgehead atoms. The van der Waals surface area contributed by atoms with Crippen LogP contribution in [0.1, 0.15) is 58.8 Å². The highest BCUT2D eigenvalue weighted by molar-refractivity contribution is 5.83. The summed E-state index contributed by atoms with van der Waals surface area (Å²) in [6.07, 6.45) is 0. The molecule has 0 unspecified atom stereocenters. The fourth-order valence-electron chi connectivity index (χ4n) is 2.30. The van der Waals surface area contributed by atoms with Crippen molar-refractivity contribution < 1.29 is 9.53 Å². The van der Waals surface area contributed by atoms with Crippen LogP contribution in [-0.2, 0) is 5.41 Å². The van der Waals surface area contributed by atoms with Crippen molar-refractivity contribution in [1.29, 1.82) is 0 Å². The summed E-state index contributed by atoms with van der Waals surface area (Å²) in [6.45, 7) is 14.9. The minimum Gasteiger partial charge on any atom is -0.462 e. The van der Waals surface area contributed by atoms with Gasteiger partial charge in [0.05, 0.1) is 6.61 Å². The van der Waals surface area contributed by atoms with E-state index >= 15 is 0 Å². The summed E-state index contributed by atoms with van der Waals surface area (Å²) in [5.74, 6) is 0.620. The molecule has 1 aromatic carbocycles. The normalized spacial score (nSPS) is 12.0. The molecule has 5 nitrogen and oxygen atoms in total. The Labute approximate surface area is 150 Å². The van der Waals surface area contributed by atoms with Crippen molar-refractivity contribution in [1.82, 2.24) is 14.8 Å². The molecule has 0 amide bonds. The molecule has 0 fully saturated rings. The lowest BCUT2D eigenvalue weighted by atomic mass is 9.87. The maximum atomic E-state index is 12.5. The van der Waals surface area contributed by atoms with Gasteiger partial charge in [-0.05, 0) is 16.9 Å². The second kappa shape index (κ2) is 7.38. The molecule has 0 saturated carbocycles. The van der Waals surface area contributed by atoms with Gasteiger partial charge in [-0.15, -0.1) is 5.10 Å². The molecule has 0 radical (unpaired) electrons. The van der Waals surface area contributed by atoms with Crippen LogP contribution in [0.25, 0.3) is 11.4 Å². The highest BCUT2D eigenvalue weighted by Gasteiger charge is 2.21. The summed E-state index contributed by atoms with van der Waals surface area (Å²) in [5, 5.41) is 4.28. The molecule has 0 aliphatic carbocycles. The van der Waals surface area contributed by atoms with Gasteiger partial charge in [0.25, 0.3) is 5.91 Å². The Balaban J connectivity index is 2.42. The average Bonchev–Trinajstić information content (AvgIpc) is 2.95. The molecular formula is C20H29N3O2. The van der Waals surface area contributed by atoms with Gasteiger partial charge in [-0.3, -0.25) is 4.79 Å². The molecule has 0 aliphatic rings. The van der Waals surface area contributed by atoms with Gasteiger partial charge in [-0.25, -0.2) is 0 Å². The number of aromatic nitrogens is 3. The van der Waals surface area contributed by atoms with Crippen LogP contribution in [0.5, 0.6) is 6.01 Å². The van der Waals surface area contributed by atoms with Crippen LogP contribution in [0.4, 0.5) is 0 Å². The van der Waals surface area contributed by atoms with E-state index in [9.17, 15) is 4.79 Å². The summed E-state index contributed by atoms with van der Waals surface area (Å²) in [5.41, 5.74) is 2.16. The first-order valence-corrected chi connectivity index (χ1v) is 8.84. The predicted octanol–water partition coefficient (Wildman–Crippen LogP) is 4.57. The fourth-order valence-corrected chi connectivity index (χ4v) is 2.30. The van der Waals surface area contributed by atoms with Gasteiger partial charge in [-0.2, -0.15) is 9.67 Å². The molecule has 5 heteroatoms. The standard InChI is InChI=1S/C20H29N3O2/c1-13(2)12-25-19-21-17(23(22-19)18(24)14(3)4)15-8-10-16(11-9-15)20(5,6)7/h8-11,13-14H,12H2,1-7H3. The lowest BCUT2D eigenvalue weighted by Gasteiger charge is -2.19. The topological polar surface area (TPSA) is 57.0 Å². The zero-order valence-corrected chi connectivity index (χ0v) is 16.3. The van der Waals surface area contributed by atoms with Crippen molar-refractivity contribution >= 4 is 5.91 Å². The average molecular weight is 343 g/mol. The van der Waals surface area contributed by atoms with Gasteiger partial charge in [-0.1, -0.05) is 72.7 Å². The Morgan fingerprint density at radius 1 is 1.12 bits per heavy atom. The zero-order valence-electron chi connectivity index (χ0n) is 16.3. The van der Waals surface area contributed by atoms with Gasteiger partial charge in [0.1, 0.15) is 0 Å². The van der Waals surface area contributed by atoms with Gasteiger partial charge >= 0.3 is 6.01 Å². The number of benzene rings is 1. The van der Waals surface area contributed by atoms with Gasteiger partial charge in [0.15, 0.2) is 5.82 Å². The maximum Gasteiger partial charge on any atom is 0.336 e. The van der Waals surface area contributed by atoms with E-state index in [1.807, 2.05) is 26.0 Å². The monoisotopic (exact) mass is 343 g/mol. The number of nitrogens with zero attached hydrogens (tertiary/aromatic N) is 3. The van der Waals surface area contributed by atoms with Gasteiger partial charge in [0.2, 0.25) is 0 Å². The van der Waals surface area contributed by atoms with Crippen LogP contribution in [0.2, 0.25) is 0 Å². The number of hydrogen-bond acceptors (Lipinski definition) is 4. The Morgan fingerprint density at radius 3 is 2.20 bits per heavy atom. The van der Waals surface area contributed by atoms with Crippen LogP contribution < -0.4 is 4.74 Å². The van der Waals surface area contributed by atoms with Crippen molar-refractivity contribution in [2.45, 2.75) is 53.9 Å². The molecule has 136 valence electrons. The summed E-state index contributed by atoms with van der Waals surface area (Å²) < 4.78 is 6.99. The van der Waals surface area contributed by atoms with E-state index in [4.69, 9.17) is 4.74 Å². The fraction of sp³-hybridized carbons (Fsp3) is 0.550. The molecule has 0 aliphatic heterocycles. The first-order valence-electron chi connectivity index (χ1n) is 8.84. The Kier molecular flexibility index (Phi) is 5.65. The molecule has 0 saturated heterocycles. The number of carbonyl (C=O) groups excluding carboxylic acids is 1. The maximum absolute atomic E-state index is 12.5. The Morgan fingerprint density at radius 2 is 1.72 bits per heavy atom. The molecule has 1 heterocycles. The second-order valence-electron chi connectivity index (χ2n) is 8.15. The quantitative estimate of drug-likeness (QED) is 0.798. The van der Waals surface area contributed by atoms with Crippen LogP contribution >= 0.6 is 0 Å². The smallest absolute Gasteiger partial charge is 0.336 e. The third kappa shape index (κ3) is 4.68. The molecule has 2 aromatic rings. The van der Waals surface area contributed by atoms with Crippen LogP contribution in [0, 0.1) is 11.8 Å². The lowest BCUT2D eigenvalue weighted by molar-refractivity contribution is 0.0838. The van der Waals surface area contributed by atoms with E-state index in [0.717, 1.165) is 5.56 Å². The highest BCUT2D eigenvalue weighted by atomic mass is 16.5. The van der Waals surface area contributed by atoms with Crippen molar-refractivity contribution in [3.63, 3.8) is 0 Å². The van der Waals surface area contributed by atoms with Crippen molar-refractivity contribution in [2.75, 3.05) is 6.61 Å². The van der Waals surface area contributed by atoms with Gasteiger partial charge < -0.3 is 4.74 Å². The molecule has 0 spiro atoms. The third-order valence-electron chi connectivity index (χ3n) is 3.85. The van der Waals surface area contributed by atoms with Crippen molar-refractivity contribution in [2.24, 2.45) is 11.8 Å². The van der Waals surface area contributed by atoms with E-state index in [2.05, 4.69) is 56.8 Å². The van der Waals surface area contributed by atoms with Crippen LogP contribution in [-0.4, -0.2) is 27.3 Å². The van der Waals surface area contributed by atoms with E-state index in [1.54, 1.807) is 0 Å². The Hall–Kier alpha value is -2.17. The molecule has 1 aromatic heterocycles. The molecular weight excluding hydrogens is 314 g/mol. The SMILES string of the molecule is CC(C)COc1nc(-c2ccc(C(C)(C)C)cc2)n(C(=O)C(C)C)n1. The van der Waals surface area contributed by atoms with E-state index in [0.29, 0.717) is 18.3 Å². The lowest BCUT2D eigenvalue weighted by Crippen LogP contribution is -2.19. The minimum absolute atomic E-state index is 0.0749. The van der Waals surface area contributed by atoms with Crippen molar-refractivity contribution in [3.05, 3.63) is 29.8 Å². The van der Waals surface area contributed by atoms with E-state index < -0.39 is 0 Å². The zero-order chi connectivity index (χ0) is 18.8. The molecule has 0 atom stereocenters. The van der Waals surface area contributed by atoms with Crippen molar-refractivity contribution in [3.8, 4) is 17.4 Å². The molecule has 25 heavy (non-hydrogen) atoms. The Bertz CT molecular complexity index is 722. The summed E-state index contributed by atoms with van der Waals surface area (Å²) >= 11 is 0. The summed E-state index contributed by atoms with van der Waals surface area (Å²) in [7, 11) is 0. The minimum atomic E-state index is -0.174. The number of carbonyl (C=O) groups is 1. The summed E-state index contributed by atoms with van der Waals surface area (Å²) in [6, 6.07) is 8.37. The number of rotatable bonds is 5. The highest BCUT2D eigenvalue weighted by Crippen LogP contribution is 2.26. The van der Waals surface area contributed by atoms with Crippen LogP contribution in [0.15, 0.2) is 24.3 Å². The van der Waals surface area contributed by atoms with Crippen LogP contribution in [0.3, 0.4) is 0 Å². The van der Waals surface area contributed by atoms with Gasteiger partial charge in [0, 0.05) is 11.5 Å². The molecule has 0 N–H and O–H groups in total. The molecule has 2 rings (SSSR count). The largest absolute Gasteiger partial charge is 0.462 e. The number of ether oxygens (including phenoxy) is 1.